The van der Waals surface area contributed by atoms with Crippen LogP contribution in [0.1, 0.15) is 59.2 Å². The number of aryl methyl sites for hydroxylation is 1. The summed E-state index contributed by atoms with van der Waals surface area (Å²) >= 11 is 1.11. The van der Waals surface area contributed by atoms with E-state index in [1.54, 1.807) is 6.92 Å². The largest absolute Gasteiger partial charge is 0.417 e. The number of alkyl halides is 3. The summed E-state index contributed by atoms with van der Waals surface area (Å²) in [5, 5.41) is 8.38. The first-order chi connectivity index (χ1) is 12.3. The van der Waals surface area contributed by atoms with Gasteiger partial charge in [-0.25, -0.2) is 5.48 Å². The molecule has 0 unspecified atom stereocenters. The molecule has 2 fully saturated rings. The first-order valence-corrected chi connectivity index (χ1v) is 9.14. The summed E-state index contributed by atoms with van der Waals surface area (Å²) in [4.78, 5) is 13.9. The normalized spacial score (nSPS) is 15.9. The minimum atomic E-state index is -4.18. The van der Waals surface area contributed by atoms with Crippen LogP contribution in [0.25, 0.3) is 0 Å². The molecule has 2 aromatic heterocycles. The second-order valence-electron chi connectivity index (χ2n) is 6.25. The highest BCUT2D eigenvalue weighted by atomic mass is 32.1. The number of hydrogen-bond donors (Lipinski definition) is 2. The van der Waals surface area contributed by atoms with Crippen molar-refractivity contribution in [2.75, 3.05) is 0 Å². The summed E-state index contributed by atoms with van der Waals surface area (Å²) in [6, 6.07) is 5.66. The molecule has 4 rings (SSSR count). The smallest absolute Gasteiger partial charge is 0.289 e. The highest BCUT2D eigenvalue weighted by molar-refractivity contribution is 7.10. The summed E-state index contributed by atoms with van der Waals surface area (Å²) in [6.07, 6.45) is 3.51. The number of pyridine rings is 1. The van der Waals surface area contributed by atoms with E-state index in [1.165, 1.54) is 42.4 Å². The maximum absolute atomic E-state index is 11.8. The molecular weight excluding hydrogens is 365 g/mol. The zero-order valence-electron chi connectivity index (χ0n) is 14.3. The van der Waals surface area contributed by atoms with E-state index in [1.807, 2.05) is 6.20 Å². The number of carbonyl (C=O) groups is 1. The molecule has 8 heteroatoms. The number of nitrogens with zero attached hydrogens (tertiary/aromatic N) is 1. The highest BCUT2D eigenvalue weighted by Crippen LogP contribution is 2.43. The van der Waals surface area contributed by atoms with Crippen molar-refractivity contribution in [1.29, 1.82) is 0 Å². The van der Waals surface area contributed by atoms with Gasteiger partial charge >= 0.3 is 6.18 Å². The zero-order chi connectivity index (χ0) is 19.2. The van der Waals surface area contributed by atoms with Crippen molar-refractivity contribution in [3.05, 3.63) is 51.5 Å². The number of carbonyl (C=O) groups excluding carboxylic acids is 1. The van der Waals surface area contributed by atoms with Crippen LogP contribution in [0.5, 0.6) is 0 Å². The van der Waals surface area contributed by atoms with Gasteiger partial charge in [0.1, 0.15) is 0 Å². The van der Waals surface area contributed by atoms with Crippen molar-refractivity contribution >= 4 is 17.7 Å². The van der Waals surface area contributed by atoms with E-state index in [-0.39, 0.29) is 6.41 Å². The van der Waals surface area contributed by atoms with Gasteiger partial charge in [-0.15, -0.1) is 11.3 Å². The third-order valence-electron chi connectivity index (χ3n) is 3.96. The molecule has 2 N–H and O–H groups in total. The molecule has 26 heavy (non-hydrogen) atoms. The van der Waals surface area contributed by atoms with Gasteiger partial charge in [0.05, 0.1) is 5.56 Å². The lowest BCUT2D eigenvalue weighted by atomic mass is 10.1. The summed E-state index contributed by atoms with van der Waals surface area (Å²) in [5.41, 5.74) is 3.58. The fourth-order valence-corrected chi connectivity index (χ4v) is 3.04. The molecule has 142 valence electrons. The Balaban J connectivity index is 0.000000159. The Morgan fingerprint density at radius 1 is 1.23 bits per heavy atom. The zero-order valence-corrected chi connectivity index (χ0v) is 15.1. The Bertz CT molecular complexity index is 683. The Kier molecular flexibility index (Phi) is 7.16. The molecule has 2 aliphatic rings. The number of aromatic nitrogens is 1. The standard InChI is InChI=1S/C11H13N.C6H5F3S.CH3NO2/c1-2-8(1)10-5-6-12-11(7-10)9-3-4-9;1-4-2-5(3-10-4)6(7,8)9;3-1-2-4/h5-9H,1-4H2;2-3H,1H3;1,4H,(H,2,3). The third-order valence-corrected chi connectivity index (χ3v) is 4.82. The van der Waals surface area contributed by atoms with Crippen molar-refractivity contribution in [3.63, 3.8) is 0 Å². The first kappa shape index (κ1) is 20.4. The van der Waals surface area contributed by atoms with Crippen LogP contribution in [-0.2, 0) is 11.0 Å². The summed E-state index contributed by atoms with van der Waals surface area (Å²) in [6.45, 7) is 1.65. The molecule has 2 saturated carbocycles. The number of amides is 1. The molecule has 0 aromatic carbocycles. The van der Waals surface area contributed by atoms with E-state index in [4.69, 9.17) is 10.0 Å². The van der Waals surface area contributed by atoms with Gasteiger partial charge in [-0.05, 0) is 62.3 Å². The second-order valence-corrected chi connectivity index (χ2v) is 7.37. The van der Waals surface area contributed by atoms with Crippen molar-refractivity contribution in [1.82, 2.24) is 10.5 Å². The van der Waals surface area contributed by atoms with E-state index in [0.29, 0.717) is 4.88 Å². The molecule has 0 bridgehead atoms. The minimum absolute atomic E-state index is 0.181. The first-order valence-electron chi connectivity index (χ1n) is 8.26. The molecule has 2 heterocycles. The van der Waals surface area contributed by atoms with Crippen LogP contribution >= 0.6 is 11.3 Å². The number of rotatable bonds is 3. The third kappa shape index (κ3) is 6.76. The van der Waals surface area contributed by atoms with Gasteiger partial charge < -0.3 is 0 Å². The molecule has 2 aromatic rings. The van der Waals surface area contributed by atoms with E-state index < -0.39 is 11.7 Å². The van der Waals surface area contributed by atoms with E-state index in [0.717, 1.165) is 34.6 Å². The summed E-state index contributed by atoms with van der Waals surface area (Å²) in [7, 11) is 0. The average Bonchev–Trinajstić information content (AvgIpc) is 3.53. The lowest BCUT2D eigenvalue weighted by Crippen LogP contribution is -2.01. The lowest BCUT2D eigenvalue weighted by Gasteiger charge is -2.00. The van der Waals surface area contributed by atoms with Crippen LogP contribution in [0.3, 0.4) is 0 Å². The SMILES string of the molecule is Cc1cc(C(F)(F)F)cs1.O=CNO.c1cc(C2CC2)cc(C2CC2)n1. The summed E-state index contributed by atoms with van der Waals surface area (Å²) < 4.78 is 35.4. The molecule has 4 nitrogen and oxygen atoms in total. The number of thiophene rings is 1. The van der Waals surface area contributed by atoms with Gasteiger partial charge in [-0.3, -0.25) is 15.0 Å². The number of hydrogen-bond acceptors (Lipinski definition) is 4. The van der Waals surface area contributed by atoms with E-state index >= 15 is 0 Å². The average molecular weight is 386 g/mol. The van der Waals surface area contributed by atoms with Gasteiger partial charge in [0.25, 0.3) is 0 Å². The van der Waals surface area contributed by atoms with E-state index in [2.05, 4.69) is 17.1 Å². The van der Waals surface area contributed by atoms with Gasteiger partial charge in [0, 0.05) is 28.1 Å². The van der Waals surface area contributed by atoms with Crippen molar-refractivity contribution in [2.24, 2.45) is 0 Å². The lowest BCUT2D eigenvalue weighted by molar-refractivity contribution is -0.137. The quantitative estimate of drug-likeness (QED) is 0.442. The maximum atomic E-state index is 11.8. The maximum Gasteiger partial charge on any atom is 0.417 e. The Labute approximate surface area is 154 Å². The molecule has 0 spiro atoms. The van der Waals surface area contributed by atoms with Crippen LogP contribution in [0.15, 0.2) is 29.8 Å². The summed E-state index contributed by atoms with van der Waals surface area (Å²) in [5.74, 6) is 1.69. The van der Waals surface area contributed by atoms with Crippen molar-refractivity contribution in [3.8, 4) is 0 Å². The minimum Gasteiger partial charge on any atom is -0.289 e. The topological polar surface area (TPSA) is 62.2 Å². The fraction of sp³-hybridized carbons (Fsp3) is 0.444. The van der Waals surface area contributed by atoms with Gasteiger partial charge in [-0.1, -0.05) is 0 Å². The molecule has 1 amide bonds. The Hall–Kier alpha value is -1.93. The Morgan fingerprint density at radius 2 is 1.85 bits per heavy atom. The van der Waals surface area contributed by atoms with Crippen LogP contribution in [0, 0.1) is 6.92 Å². The molecule has 0 radical (unpaired) electrons. The molecule has 0 atom stereocenters. The monoisotopic (exact) mass is 386 g/mol. The fourth-order valence-electron chi connectivity index (χ4n) is 2.33. The second kappa shape index (κ2) is 9.14. The number of hydroxylamine groups is 1. The van der Waals surface area contributed by atoms with Gasteiger partial charge in [-0.2, -0.15) is 13.2 Å². The predicted octanol–water partition coefficient (Wildman–Crippen LogP) is 5.03. The molecule has 0 saturated heterocycles. The van der Waals surface area contributed by atoms with Crippen LogP contribution in [0.2, 0.25) is 0 Å². The van der Waals surface area contributed by atoms with E-state index in [9.17, 15) is 13.2 Å². The van der Waals surface area contributed by atoms with Crippen LogP contribution in [-0.4, -0.2) is 16.6 Å². The number of nitrogens with one attached hydrogen (secondary N) is 1. The molecule has 0 aliphatic heterocycles. The highest BCUT2D eigenvalue weighted by Gasteiger charge is 2.31. The van der Waals surface area contributed by atoms with Crippen molar-refractivity contribution < 1.29 is 23.2 Å². The molecular formula is C18H21F3N2O2S. The predicted molar refractivity (Wildman–Crippen MR) is 93.2 cm³/mol. The van der Waals surface area contributed by atoms with Gasteiger partial charge in [0.15, 0.2) is 0 Å². The van der Waals surface area contributed by atoms with Crippen LogP contribution in [0.4, 0.5) is 13.2 Å². The van der Waals surface area contributed by atoms with Crippen molar-refractivity contribution in [2.45, 2.75) is 50.6 Å². The van der Waals surface area contributed by atoms with Crippen LogP contribution < -0.4 is 5.48 Å². The Morgan fingerprint density at radius 3 is 2.23 bits per heavy atom. The molecule has 2 aliphatic carbocycles. The number of halogens is 3. The van der Waals surface area contributed by atoms with Gasteiger partial charge in [0.2, 0.25) is 6.41 Å².